The van der Waals surface area contributed by atoms with Crippen molar-refractivity contribution in [2.45, 2.75) is 20.8 Å². The van der Waals surface area contributed by atoms with E-state index in [0.29, 0.717) is 0 Å². The summed E-state index contributed by atoms with van der Waals surface area (Å²) in [5.74, 6) is 0.187. The maximum absolute atomic E-state index is 12.4. The number of ketones is 2. The van der Waals surface area contributed by atoms with Gasteiger partial charge in [-0.1, -0.05) is 109 Å². The van der Waals surface area contributed by atoms with Crippen LogP contribution >= 0.6 is 0 Å². The van der Waals surface area contributed by atoms with Gasteiger partial charge in [0.1, 0.15) is 0 Å². The minimum Gasteiger partial charge on any atom is -0.289 e. The highest BCUT2D eigenvalue weighted by Gasteiger charge is 2.14. The predicted molar refractivity (Wildman–Crippen MR) is 127 cm³/mol. The molecule has 0 atom stereocenters. The first-order valence-electron chi connectivity index (χ1n) is 10.3. The molecule has 0 saturated carbocycles. The SMILES string of the molecule is Cc1cc(C)c(C(=O)c2ccccc2)c(C)c1.O=C(c1ccccc1)c1ccccc1. The van der Waals surface area contributed by atoms with Gasteiger partial charge in [0.2, 0.25) is 0 Å². The van der Waals surface area contributed by atoms with Crippen LogP contribution in [0.4, 0.5) is 0 Å². The number of hydrogen-bond acceptors (Lipinski definition) is 2. The highest BCUT2D eigenvalue weighted by molar-refractivity contribution is 6.11. The number of carbonyl (C=O) groups excluding carboxylic acids is 2. The molecular weight excluding hydrogens is 380 g/mol. The first-order chi connectivity index (χ1) is 15.0. The van der Waals surface area contributed by atoms with Gasteiger partial charge < -0.3 is 0 Å². The maximum Gasteiger partial charge on any atom is 0.193 e. The van der Waals surface area contributed by atoms with Crippen LogP contribution < -0.4 is 0 Å². The smallest absolute Gasteiger partial charge is 0.193 e. The van der Waals surface area contributed by atoms with Crippen molar-refractivity contribution < 1.29 is 9.59 Å². The Kier molecular flexibility index (Phi) is 7.29. The van der Waals surface area contributed by atoms with Crippen LogP contribution in [-0.2, 0) is 0 Å². The van der Waals surface area contributed by atoms with Crippen molar-refractivity contribution in [2.24, 2.45) is 0 Å². The van der Waals surface area contributed by atoms with Crippen molar-refractivity contribution in [1.82, 2.24) is 0 Å². The zero-order valence-electron chi connectivity index (χ0n) is 18.1. The molecule has 0 spiro atoms. The lowest BCUT2D eigenvalue weighted by molar-refractivity contribution is 0.103. The molecule has 4 aromatic rings. The van der Waals surface area contributed by atoms with E-state index in [4.69, 9.17) is 0 Å². The number of benzene rings is 4. The number of carbonyl (C=O) groups is 2. The molecule has 4 aromatic carbocycles. The van der Waals surface area contributed by atoms with Gasteiger partial charge in [0.25, 0.3) is 0 Å². The van der Waals surface area contributed by atoms with Gasteiger partial charge in [-0.3, -0.25) is 9.59 Å². The van der Waals surface area contributed by atoms with E-state index < -0.39 is 0 Å². The normalized spacial score (nSPS) is 10.0. The Bertz CT molecular complexity index is 1100. The summed E-state index contributed by atoms with van der Waals surface area (Å²) in [7, 11) is 0. The van der Waals surface area contributed by atoms with Crippen LogP contribution in [0.1, 0.15) is 48.5 Å². The maximum atomic E-state index is 12.4. The van der Waals surface area contributed by atoms with Crippen molar-refractivity contribution in [3.8, 4) is 0 Å². The van der Waals surface area contributed by atoms with Crippen molar-refractivity contribution >= 4 is 11.6 Å². The van der Waals surface area contributed by atoms with Gasteiger partial charge in [-0.25, -0.2) is 0 Å². The third-order valence-corrected chi connectivity index (χ3v) is 5.01. The lowest BCUT2D eigenvalue weighted by Gasteiger charge is -2.10. The molecule has 0 aliphatic carbocycles. The standard InChI is InChI=1S/C16H16O.C13H10O/c1-11-9-12(2)15(13(3)10-11)16(17)14-7-5-4-6-8-14;14-13(11-7-3-1-4-8-11)12-9-5-2-6-10-12/h4-10H,1-3H3;1-10H. The molecule has 0 fully saturated rings. The lowest BCUT2D eigenvalue weighted by Crippen LogP contribution is -2.06. The van der Waals surface area contributed by atoms with Crippen molar-refractivity contribution in [1.29, 1.82) is 0 Å². The van der Waals surface area contributed by atoms with E-state index in [1.807, 2.05) is 105 Å². The Morgan fingerprint density at radius 2 is 0.806 bits per heavy atom. The second-order valence-electron chi connectivity index (χ2n) is 7.53. The van der Waals surface area contributed by atoms with Gasteiger partial charge in [-0.05, 0) is 31.9 Å². The van der Waals surface area contributed by atoms with Crippen molar-refractivity contribution in [2.75, 3.05) is 0 Å². The molecule has 0 saturated heterocycles. The van der Waals surface area contributed by atoms with Gasteiger partial charge in [0.15, 0.2) is 11.6 Å². The van der Waals surface area contributed by atoms with Gasteiger partial charge >= 0.3 is 0 Å². The quantitative estimate of drug-likeness (QED) is 0.351. The fourth-order valence-electron chi connectivity index (χ4n) is 3.62. The van der Waals surface area contributed by atoms with Gasteiger partial charge in [-0.15, -0.1) is 0 Å². The third-order valence-electron chi connectivity index (χ3n) is 5.01. The van der Waals surface area contributed by atoms with E-state index in [2.05, 4.69) is 19.1 Å². The fraction of sp³-hybridized carbons (Fsp3) is 0.103. The molecule has 0 aromatic heterocycles. The van der Waals surface area contributed by atoms with E-state index >= 15 is 0 Å². The van der Waals surface area contributed by atoms with Crippen LogP contribution in [0.15, 0.2) is 103 Å². The Morgan fingerprint density at radius 3 is 1.16 bits per heavy atom. The van der Waals surface area contributed by atoms with E-state index in [9.17, 15) is 9.59 Å². The average molecular weight is 407 g/mol. The highest BCUT2D eigenvalue weighted by Crippen LogP contribution is 2.20. The van der Waals surface area contributed by atoms with Crippen LogP contribution in [-0.4, -0.2) is 11.6 Å². The molecule has 0 aliphatic rings. The van der Waals surface area contributed by atoms with E-state index in [1.165, 1.54) is 5.56 Å². The second-order valence-corrected chi connectivity index (χ2v) is 7.53. The summed E-state index contributed by atoms with van der Waals surface area (Å²) in [6.45, 7) is 6.04. The second kappa shape index (κ2) is 10.3. The van der Waals surface area contributed by atoms with Crippen LogP contribution in [0.25, 0.3) is 0 Å². The monoisotopic (exact) mass is 406 g/mol. The van der Waals surface area contributed by atoms with Gasteiger partial charge in [-0.2, -0.15) is 0 Å². The first-order valence-corrected chi connectivity index (χ1v) is 10.3. The minimum atomic E-state index is 0.0752. The number of rotatable bonds is 4. The molecular formula is C29H26O2. The molecule has 0 amide bonds. The Hall–Kier alpha value is -3.78. The van der Waals surface area contributed by atoms with E-state index in [1.54, 1.807) is 0 Å². The summed E-state index contributed by atoms with van der Waals surface area (Å²) < 4.78 is 0. The Morgan fingerprint density at radius 1 is 0.484 bits per heavy atom. The van der Waals surface area contributed by atoms with E-state index in [0.717, 1.165) is 33.4 Å². The zero-order chi connectivity index (χ0) is 22.2. The van der Waals surface area contributed by atoms with Crippen LogP contribution in [0.2, 0.25) is 0 Å². The summed E-state index contributed by atoms with van der Waals surface area (Å²) in [5, 5.41) is 0. The average Bonchev–Trinajstić information content (AvgIpc) is 2.80. The van der Waals surface area contributed by atoms with Gasteiger partial charge in [0.05, 0.1) is 0 Å². The molecule has 0 unspecified atom stereocenters. The molecule has 154 valence electrons. The summed E-state index contributed by atoms with van der Waals surface area (Å²) in [6, 6.07) is 32.2. The van der Waals surface area contributed by atoms with Gasteiger partial charge in [0, 0.05) is 22.3 Å². The fourth-order valence-corrected chi connectivity index (χ4v) is 3.62. The molecule has 0 bridgehead atoms. The molecule has 0 radical (unpaired) electrons. The summed E-state index contributed by atoms with van der Waals surface area (Å²) >= 11 is 0. The van der Waals surface area contributed by atoms with Crippen LogP contribution in [0, 0.1) is 20.8 Å². The third kappa shape index (κ3) is 5.64. The summed E-state index contributed by atoms with van der Waals surface area (Å²) in [4.78, 5) is 24.2. The topological polar surface area (TPSA) is 34.1 Å². The number of hydrogen-bond donors (Lipinski definition) is 0. The minimum absolute atomic E-state index is 0.0752. The summed E-state index contributed by atoms with van der Waals surface area (Å²) in [6.07, 6.45) is 0. The summed E-state index contributed by atoms with van der Waals surface area (Å²) in [5.41, 5.74) is 6.36. The molecule has 0 heterocycles. The molecule has 31 heavy (non-hydrogen) atoms. The molecule has 4 rings (SSSR count). The van der Waals surface area contributed by atoms with Crippen molar-refractivity contribution in [3.05, 3.63) is 142 Å². The first kappa shape index (κ1) is 21.9. The lowest BCUT2D eigenvalue weighted by atomic mass is 9.93. The largest absolute Gasteiger partial charge is 0.289 e. The Balaban J connectivity index is 0.000000179. The van der Waals surface area contributed by atoms with Crippen molar-refractivity contribution in [3.63, 3.8) is 0 Å². The van der Waals surface area contributed by atoms with Crippen LogP contribution in [0.3, 0.4) is 0 Å². The van der Waals surface area contributed by atoms with Crippen LogP contribution in [0.5, 0.6) is 0 Å². The molecule has 2 heteroatoms. The zero-order valence-corrected chi connectivity index (χ0v) is 18.1. The molecule has 0 aliphatic heterocycles. The van der Waals surface area contributed by atoms with E-state index in [-0.39, 0.29) is 11.6 Å². The number of aryl methyl sites for hydroxylation is 3. The Labute approximate surface area is 184 Å². The predicted octanol–water partition coefficient (Wildman–Crippen LogP) is 6.76. The highest BCUT2D eigenvalue weighted by atomic mass is 16.1. The molecule has 0 N–H and O–H groups in total. The molecule has 2 nitrogen and oxygen atoms in total.